The predicted octanol–water partition coefficient (Wildman–Crippen LogP) is 3.90. The van der Waals surface area contributed by atoms with E-state index in [1.807, 2.05) is 6.92 Å². The van der Waals surface area contributed by atoms with Crippen LogP contribution >= 0.6 is 11.6 Å². The molecular weight excluding hydrogens is 366 g/mol. The second-order valence-corrected chi connectivity index (χ2v) is 7.91. The molecule has 1 amide bonds. The van der Waals surface area contributed by atoms with Crippen LogP contribution in [0, 0.1) is 12.8 Å². The Hall–Kier alpha value is -1.82. The molecule has 27 heavy (non-hydrogen) atoms. The molecule has 0 saturated heterocycles. The summed E-state index contributed by atoms with van der Waals surface area (Å²) in [5.41, 5.74) is 0.569. The van der Waals surface area contributed by atoms with E-state index in [9.17, 15) is 9.59 Å². The lowest BCUT2D eigenvalue weighted by Gasteiger charge is -2.35. The fourth-order valence-corrected chi connectivity index (χ4v) is 3.77. The van der Waals surface area contributed by atoms with E-state index in [0.717, 1.165) is 30.5 Å². The monoisotopic (exact) mass is 395 g/mol. The number of rotatable bonds is 7. The molecule has 0 aliphatic heterocycles. The zero-order valence-electron chi connectivity index (χ0n) is 16.7. The summed E-state index contributed by atoms with van der Waals surface area (Å²) in [5, 5.41) is 7.85. The number of halogens is 1. The van der Waals surface area contributed by atoms with Gasteiger partial charge in [-0.1, -0.05) is 44.7 Å². The Labute approximate surface area is 166 Å². The van der Waals surface area contributed by atoms with Crippen LogP contribution in [0.1, 0.15) is 64.1 Å². The fourth-order valence-electron chi connectivity index (χ4n) is 3.46. The van der Waals surface area contributed by atoms with Crippen LogP contribution in [0.2, 0.25) is 5.15 Å². The lowest BCUT2D eigenvalue weighted by atomic mass is 9.81. The van der Waals surface area contributed by atoms with Gasteiger partial charge >= 0.3 is 5.97 Å². The zero-order valence-corrected chi connectivity index (χ0v) is 17.4. The fraction of sp³-hybridized carbons (Fsp3) is 0.650. The average Bonchev–Trinajstić information content (AvgIpc) is 2.87. The minimum atomic E-state index is -0.920. The van der Waals surface area contributed by atoms with Crippen molar-refractivity contribution in [2.75, 3.05) is 6.61 Å². The molecule has 7 heteroatoms. The Bertz CT molecular complexity index is 704. The van der Waals surface area contributed by atoms with E-state index < -0.39 is 5.54 Å². The molecular formula is C20H30ClN3O3. The Kier molecular flexibility index (Phi) is 7.48. The molecule has 1 aromatic rings. The number of aryl methyl sites for hydroxylation is 1. The molecule has 0 aromatic carbocycles. The van der Waals surface area contributed by atoms with Gasteiger partial charge in [-0.15, -0.1) is 0 Å². The Morgan fingerprint density at radius 1 is 1.33 bits per heavy atom. The van der Waals surface area contributed by atoms with Gasteiger partial charge in [-0.3, -0.25) is 9.48 Å². The van der Waals surface area contributed by atoms with Gasteiger partial charge < -0.3 is 10.1 Å². The second-order valence-electron chi connectivity index (χ2n) is 7.55. The smallest absolute Gasteiger partial charge is 0.331 e. The van der Waals surface area contributed by atoms with Crippen LogP contribution in [0.4, 0.5) is 0 Å². The van der Waals surface area contributed by atoms with Gasteiger partial charge in [0, 0.05) is 18.2 Å². The number of nitrogens with zero attached hydrogens (tertiary/aromatic N) is 2. The van der Waals surface area contributed by atoms with Crippen LogP contribution in [-0.4, -0.2) is 33.8 Å². The van der Waals surface area contributed by atoms with Crippen molar-refractivity contribution in [2.24, 2.45) is 5.92 Å². The SMILES string of the molecule is CCOC(=O)C1(NC(=O)/C=C/c2c(C)nn(CC(C)C)c2Cl)CCCCC1. The molecule has 0 bridgehead atoms. The molecule has 0 unspecified atom stereocenters. The lowest BCUT2D eigenvalue weighted by Crippen LogP contribution is -2.56. The quantitative estimate of drug-likeness (QED) is 0.561. The molecule has 0 spiro atoms. The summed E-state index contributed by atoms with van der Waals surface area (Å²) in [4.78, 5) is 25.0. The van der Waals surface area contributed by atoms with Gasteiger partial charge in [0.25, 0.3) is 0 Å². The topological polar surface area (TPSA) is 73.2 Å². The Morgan fingerprint density at radius 2 is 2.00 bits per heavy atom. The van der Waals surface area contributed by atoms with E-state index in [1.165, 1.54) is 6.08 Å². The molecule has 1 heterocycles. The van der Waals surface area contributed by atoms with Gasteiger partial charge in [0.05, 0.1) is 12.3 Å². The van der Waals surface area contributed by atoms with Gasteiger partial charge in [-0.05, 0) is 38.7 Å². The van der Waals surface area contributed by atoms with E-state index in [2.05, 4.69) is 24.3 Å². The molecule has 0 radical (unpaired) electrons. The highest BCUT2D eigenvalue weighted by atomic mass is 35.5. The number of amides is 1. The molecule has 1 aliphatic carbocycles. The Balaban J connectivity index is 2.13. The summed E-state index contributed by atoms with van der Waals surface area (Å²) >= 11 is 6.41. The second kappa shape index (κ2) is 9.40. The third-order valence-corrected chi connectivity index (χ3v) is 5.18. The Morgan fingerprint density at radius 3 is 2.59 bits per heavy atom. The van der Waals surface area contributed by atoms with Gasteiger partial charge in [-0.2, -0.15) is 5.10 Å². The lowest BCUT2D eigenvalue weighted by molar-refractivity contribution is -0.154. The van der Waals surface area contributed by atoms with Gasteiger partial charge in [0.1, 0.15) is 10.7 Å². The summed E-state index contributed by atoms with van der Waals surface area (Å²) in [6, 6.07) is 0. The van der Waals surface area contributed by atoms with Crippen LogP contribution in [0.15, 0.2) is 6.08 Å². The number of aromatic nitrogens is 2. The molecule has 1 N–H and O–H groups in total. The molecule has 1 fully saturated rings. The van der Waals surface area contributed by atoms with Crippen LogP contribution in [-0.2, 0) is 20.9 Å². The number of carbonyl (C=O) groups excluding carboxylic acids is 2. The molecule has 0 atom stereocenters. The normalized spacial score (nSPS) is 16.7. The zero-order chi connectivity index (χ0) is 20.0. The van der Waals surface area contributed by atoms with E-state index in [0.29, 0.717) is 37.1 Å². The van der Waals surface area contributed by atoms with Crippen molar-refractivity contribution in [3.8, 4) is 0 Å². The third kappa shape index (κ3) is 5.34. The predicted molar refractivity (Wildman–Crippen MR) is 106 cm³/mol. The molecule has 1 aliphatic rings. The van der Waals surface area contributed by atoms with Crippen molar-refractivity contribution in [2.45, 2.75) is 71.9 Å². The highest BCUT2D eigenvalue weighted by Gasteiger charge is 2.41. The van der Waals surface area contributed by atoms with Crippen molar-refractivity contribution >= 4 is 29.6 Å². The number of nitrogens with one attached hydrogen (secondary N) is 1. The first-order chi connectivity index (χ1) is 12.8. The first-order valence-electron chi connectivity index (χ1n) is 9.69. The van der Waals surface area contributed by atoms with E-state index in [1.54, 1.807) is 17.7 Å². The highest BCUT2D eigenvalue weighted by Crippen LogP contribution is 2.30. The van der Waals surface area contributed by atoms with Crippen LogP contribution in [0.25, 0.3) is 6.08 Å². The molecule has 2 rings (SSSR count). The molecule has 150 valence electrons. The van der Waals surface area contributed by atoms with E-state index in [-0.39, 0.29) is 11.9 Å². The summed E-state index contributed by atoms with van der Waals surface area (Å²) in [6.45, 7) is 8.84. The summed E-state index contributed by atoms with van der Waals surface area (Å²) in [7, 11) is 0. The van der Waals surface area contributed by atoms with E-state index >= 15 is 0 Å². The largest absolute Gasteiger partial charge is 0.464 e. The average molecular weight is 396 g/mol. The minimum Gasteiger partial charge on any atom is -0.464 e. The number of hydrogen-bond donors (Lipinski definition) is 1. The maximum atomic E-state index is 12.5. The first-order valence-corrected chi connectivity index (χ1v) is 10.1. The minimum absolute atomic E-state index is 0.302. The summed E-state index contributed by atoms with van der Waals surface area (Å²) in [6.07, 6.45) is 7.17. The molecule has 1 saturated carbocycles. The van der Waals surface area contributed by atoms with Crippen molar-refractivity contribution in [1.82, 2.24) is 15.1 Å². The third-order valence-electron chi connectivity index (χ3n) is 4.78. The number of esters is 1. The standard InChI is InChI=1S/C20H30ClN3O3/c1-5-27-19(26)20(11-7-6-8-12-20)22-17(25)10-9-16-15(4)23-24(18(16)21)13-14(2)3/h9-10,14H,5-8,11-13H2,1-4H3,(H,22,25)/b10-9+. The number of ether oxygens (including phenoxy) is 1. The summed E-state index contributed by atoms with van der Waals surface area (Å²) < 4.78 is 6.97. The first kappa shape index (κ1) is 21.5. The van der Waals surface area contributed by atoms with Crippen molar-refractivity contribution < 1.29 is 14.3 Å². The van der Waals surface area contributed by atoms with Gasteiger partial charge in [0.2, 0.25) is 5.91 Å². The van der Waals surface area contributed by atoms with Crippen LogP contribution < -0.4 is 5.32 Å². The van der Waals surface area contributed by atoms with Crippen molar-refractivity contribution in [1.29, 1.82) is 0 Å². The molecule has 1 aromatic heterocycles. The van der Waals surface area contributed by atoms with Gasteiger partial charge in [-0.25, -0.2) is 4.79 Å². The van der Waals surface area contributed by atoms with Crippen molar-refractivity contribution in [3.05, 3.63) is 22.5 Å². The number of hydrogen-bond acceptors (Lipinski definition) is 4. The number of carbonyl (C=O) groups is 2. The maximum absolute atomic E-state index is 12.5. The van der Waals surface area contributed by atoms with Gasteiger partial charge in [0.15, 0.2) is 0 Å². The van der Waals surface area contributed by atoms with Crippen molar-refractivity contribution in [3.63, 3.8) is 0 Å². The van der Waals surface area contributed by atoms with E-state index in [4.69, 9.17) is 16.3 Å². The summed E-state index contributed by atoms with van der Waals surface area (Å²) in [5.74, 6) is -0.250. The maximum Gasteiger partial charge on any atom is 0.331 e. The van der Waals surface area contributed by atoms with Crippen LogP contribution in [0.5, 0.6) is 0 Å². The molecule has 6 nitrogen and oxygen atoms in total. The highest BCUT2D eigenvalue weighted by molar-refractivity contribution is 6.31. The van der Waals surface area contributed by atoms with Crippen LogP contribution in [0.3, 0.4) is 0 Å².